The topological polar surface area (TPSA) is 55.1 Å². The lowest BCUT2D eigenvalue weighted by Crippen LogP contribution is -2.24. The van der Waals surface area contributed by atoms with Crippen molar-refractivity contribution in [3.63, 3.8) is 0 Å². The van der Waals surface area contributed by atoms with Crippen LogP contribution in [0, 0.1) is 12.3 Å². The second-order valence-corrected chi connectivity index (χ2v) is 3.46. The minimum Gasteiger partial charge on any atom is -0.352 e. The lowest BCUT2D eigenvalue weighted by atomic mass is 10.1. The van der Waals surface area contributed by atoms with E-state index in [0.717, 1.165) is 12.0 Å². The first kappa shape index (κ1) is 12.3. The number of carbonyl (C=O) groups is 1. The molecule has 0 aromatic heterocycles. The number of rotatable bonds is 5. The minimum absolute atomic E-state index is 0.0689. The molecule has 1 aromatic rings. The number of hydrogen-bond donors (Lipinski definition) is 2. The van der Waals surface area contributed by atoms with Crippen molar-refractivity contribution in [1.29, 1.82) is 0 Å². The van der Waals surface area contributed by atoms with Crippen molar-refractivity contribution in [3.8, 4) is 12.3 Å². The highest BCUT2D eigenvalue weighted by Gasteiger charge is 2.03. The third-order valence-corrected chi connectivity index (χ3v) is 2.24. The van der Waals surface area contributed by atoms with Crippen LogP contribution >= 0.6 is 0 Å². The van der Waals surface area contributed by atoms with Crippen molar-refractivity contribution in [2.45, 2.75) is 19.4 Å². The summed E-state index contributed by atoms with van der Waals surface area (Å²) >= 11 is 0. The monoisotopic (exact) mass is 216 g/mol. The van der Waals surface area contributed by atoms with Crippen LogP contribution in [-0.4, -0.2) is 12.5 Å². The molecular weight excluding hydrogens is 200 g/mol. The summed E-state index contributed by atoms with van der Waals surface area (Å²) in [4.78, 5) is 11.6. The van der Waals surface area contributed by atoms with Crippen LogP contribution in [0.4, 0.5) is 0 Å². The maximum Gasteiger partial charge on any atom is 0.251 e. The predicted octanol–water partition coefficient (Wildman–Crippen LogP) is 1.29. The van der Waals surface area contributed by atoms with Gasteiger partial charge in [-0.2, -0.15) is 0 Å². The molecule has 3 N–H and O–H groups in total. The van der Waals surface area contributed by atoms with E-state index in [-0.39, 0.29) is 5.91 Å². The molecule has 84 valence electrons. The van der Waals surface area contributed by atoms with E-state index >= 15 is 0 Å². The molecule has 1 aromatic carbocycles. The van der Waals surface area contributed by atoms with E-state index in [4.69, 9.17) is 12.2 Å². The summed E-state index contributed by atoms with van der Waals surface area (Å²) in [7, 11) is 0. The van der Waals surface area contributed by atoms with E-state index in [2.05, 4.69) is 11.2 Å². The molecule has 0 saturated carbocycles. The second kappa shape index (κ2) is 6.65. The smallest absolute Gasteiger partial charge is 0.251 e. The molecular formula is C13H16N2O. The number of nitrogens with two attached hydrogens (primary N) is 1. The average Bonchev–Trinajstić information content (AvgIpc) is 2.34. The van der Waals surface area contributed by atoms with Gasteiger partial charge in [-0.25, -0.2) is 0 Å². The number of carbonyl (C=O) groups excluding carboxylic acids is 1. The average molecular weight is 216 g/mol. The predicted molar refractivity (Wildman–Crippen MR) is 64.7 cm³/mol. The third-order valence-electron chi connectivity index (χ3n) is 2.24. The van der Waals surface area contributed by atoms with Gasteiger partial charge in [-0.1, -0.05) is 12.1 Å². The van der Waals surface area contributed by atoms with Gasteiger partial charge in [-0.05, 0) is 24.1 Å². The van der Waals surface area contributed by atoms with E-state index in [1.807, 2.05) is 12.1 Å². The van der Waals surface area contributed by atoms with Crippen LogP contribution in [0.1, 0.15) is 28.8 Å². The molecule has 0 heterocycles. The van der Waals surface area contributed by atoms with Crippen molar-refractivity contribution in [2.24, 2.45) is 5.73 Å². The minimum atomic E-state index is -0.0689. The summed E-state index contributed by atoms with van der Waals surface area (Å²) in [5.41, 5.74) is 7.14. The van der Waals surface area contributed by atoms with Crippen LogP contribution in [-0.2, 0) is 6.54 Å². The standard InChI is InChI=1S/C13H16N2O/c1-2-3-4-9-15-13(16)12-7-5-11(10-14)6-8-12/h1,5-8H,3-4,9-10,14H2,(H,15,16). The highest BCUT2D eigenvalue weighted by Crippen LogP contribution is 2.03. The zero-order chi connectivity index (χ0) is 11.8. The fourth-order valence-corrected chi connectivity index (χ4v) is 1.29. The normalized spacial score (nSPS) is 9.50. The molecule has 0 unspecified atom stereocenters. The number of terminal acetylenes is 1. The molecule has 0 radical (unpaired) electrons. The SMILES string of the molecule is C#CCCCNC(=O)c1ccc(CN)cc1. The summed E-state index contributed by atoms with van der Waals surface area (Å²) in [6, 6.07) is 7.27. The van der Waals surface area contributed by atoms with Crippen molar-refractivity contribution >= 4 is 5.91 Å². The Morgan fingerprint density at radius 3 is 2.62 bits per heavy atom. The van der Waals surface area contributed by atoms with Gasteiger partial charge in [0.15, 0.2) is 0 Å². The van der Waals surface area contributed by atoms with Crippen molar-refractivity contribution in [2.75, 3.05) is 6.54 Å². The van der Waals surface area contributed by atoms with Gasteiger partial charge in [0.25, 0.3) is 5.91 Å². The lowest BCUT2D eigenvalue weighted by molar-refractivity contribution is 0.0953. The molecule has 0 aliphatic heterocycles. The van der Waals surface area contributed by atoms with Gasteiger partial charge >= 0.3 is 0 Å². The summed E-state index contributed by atoms with van der Waals surface area (Å²) in [5.74, 6) is 2.46. The molecule has 1 rings (SSSR count). The number of unbranched alkanes of at least 4 members (excludes halogenated alkanes) is 1. The van der Waals surface area contributed by atoms with Gasteiger partial charge in [0.05, 0.1) is 0 Å². The van der Waals surface area contributed by atoms with E-state index in [9.17, 15) is 4.79 Å². The van der Waals surface area contributed by atoms with Gasteiger partial charge < -0.3 is 11.1 Å². The van der Waals surface area contributed by atoms with Crippen LogP contribution < -0.4 is 11.1 Å². The summed E-state index contributed by atoms with van der Waals surface area (Å²) in [6.07, 6.45) is 6.61. The van der Waals surface area contributed by atoms with Crippen molar-refractivity contribution in [1.82, 2.24) is 5.32 Å². The van der Waals surface area contributed by atoms with Crippen LogP contribution in [0.25, 0.3) is 0 Å². The molecule has 16 heavy (non-hydrogen) atoms. The van der Waals surface area contributed by atoms with Crippen molar-refractivity contribution < 1.29 is 4.79 Å². The molecule has 0 fully saturated rings. The van der Waals surface area contributed by atoms with Gasteiger partial charge in [0.1, 0.15) is 0 Å². The molecule has 3 heteroatoms. The zero-order valence-electron chi connectivity index (χ0n) is 9.20. The van der Waals surface area contributed by atoms with Crippen LogP contribution in [0.15, 0.2) is 24.3 Å². The fraction of sp³-hybridized carbons (Fsp3) is 0.308. The Balaban J connectivity index is 2.44. The Kier molecular flexibility index (Phi) is 5.10. The quantitative estimate of drug-likeness (QED) is 0.575. The Morgan fingerprint density at radius 1 is 1.38 bits per heavy atom. The lowest BCUT2D eigenvalue weighted by Gasteiger charge is -2.04. The highest BCUT2D eigenvalue weighted by molar-refractivity contribution is 5.94. The first-order chi connectivity index (χ1) is 7.77. The van der Waals surface area contributed by atoms with Crippen molar-refractivity contribution in [3.05, 3.63) is 35.4 Å². The summed E-state index contributed by atoms with van der Waals surface area (Å²) in [6.45, 7) is 1.10. The molecule has 0 bridgehead atoms. The molecule has 3 nitrogen and oxygen atoms in total. The molecule has 0 aliphatic carbocycles. The first-order valence-electron chi connectivity index (χ1n) is 5.28. The molecule has 1 amide bonds. The Hall–Kier alpha value is -1.79. The maximum atomic E-state index is 11.6. The van der Waals surface area contributed by atoms with E-state index in [1.54, 1.807) is 12.1 Å². The number of benzene rings is 1. The maximum absolute atomic E-state index is 11.6. The first-order valence-corrected chi connectivity index (χ1v) is 5.28. The number of nitrogens with one attached hydrogen (secondary N) is 1. The molecule has 0 aliphatic rings. The van der Waals surface area contributed by atoms with E-state index in [0.29, 0.717) is 25.1 Å². The van der Waals surface area contributed by atoms with E-state index < -0.39 is 0 Å². The number of hydrogen-bond acceptors (Lipinski definition) is 2. The van der Waals surface area contributed by atoms with Gasteiger partial charge in [-0.15, -0.1) is 12.3 Å². The van der Waals surface area contributed by atoms with Gasteiger partial charge in [0, 0.05) is 25.1 Å². The van der Waals surface area contributed by atoms with Crippen LogP contribution in [0.5, 0.6) is 0 Å². The van der Waals surface area contributed by atoms with Crippen LogP contribution in [0.2, 0.25) is 0 Å². The second-order valence-electron chi connectivity index (χ2n) is 3.46. The Bertz CT molecular complexity index is 376. The molecule has 0 atom stereocenters. The third kappa shape index (κ3) is 3.76. The fourth-order valence-electron chi connectivity index (χ4n) is 1.29. The van der Waals surface area contributed by atoms with Crippen LogP contribution in [0.3, 0.4) is 0 Å². The summed E-state index contributed by atoms with van der Waals surface area (Å²) < 4.78 is 0. The molecule has 0 saturated heterocycles. The zero-order valence-corrected chi connectivity index (χ0v) is 9.20. The summed E-state index contributed by atoms with van der Waals surface area (Å²) in [5, 5.41) is 2.81. The Morgan fingerprint density at radius 2 is 2.06 bits per heavy atom. The number of amides is 1. The largest absolute Gasteiger partial charge is 0.352 e. The van der Waals surface area contributed by atoms with Gasteiger partial charge in [-0.3, -0.25) is 4.79 Å². The molecule has 0 spiro atoms. The Labute approximate surface area is 96.0 Å². The van der Waals surface area contributed by atoms with Gasteiger partial charge in [0.2, 0.25) is 0 Å². The highest BCUT2D eigenvalue weighted by atomic mass is 16.1. The van der Waals surface area contributed by atoms with E-state index in [1.165, 1.54) is 0 Å².